The molecule has 48 valence electrons. The number of ether oxygens (including phenoxy) is 1. The van der Waals surface area contributed by atoms with Crippen LogP contribution in [0.15, 0.2) is 17.9 Å². The molecule has 0 fully saturated rings. The molecule has 1 rings (SSSR count). The molecule has 1 aliphatic rings. The van der Waals surface area contributed by atoms with E-state index in [9.17, 15) is 4.79 Å². The summed E-state index contributed by atoms with van der Waals surface area (Å²) in [6.07, 6.45) is 3.98. The van der Waals surface area contributed by atoms with E-state index in [-0.39, 0.29) is 6.10 Å². The van der Waals surface area contributed by atoms with Gasteiger partial charge in [-0.1, -0.05) is 6.92 Å². The lowest BCUT2D eigenvalue weighted by Crippen LogP contribution is -2.05. The summed E-state index contributed by atoms with van der Waals surface area (Å²) in [6.45, 7) is 1.97. The molecule has 0 radical (unpaired) electrons. The van der Waals surface area contributed by atoms with E-state index in [0.717, 1.165) is 6.42 Å². The van der Waals surface area contributed by atoms with Crippen molar-refractivity contribution >= 4 is 5.94 Å². The van der Waals surface area contributed by atoms with Crippen LogP contribution in [0.25, 0.3) is 0 Å². The molecular formula is C7H8O2. The Hall–Kier alpha value is -1.01. The standard InChI is InChI=1S/C7H8O2/c1-2-7-6(5-8)3-4-9-7/h3-4,7H,2H2,1H3. The van der Waals surface area contributed by atoms with E-state index in [2.05, 4.69) is 0 Å². The molecule has 0 aliphatic carbocycles. The number of hydrogen-bond acceptors (Lipinski definition) is 2. The Bertz CT molecular complexity index is 175. The molecule has 0 N–H and O–H groups in total. The predicted octanol–water partition coefficient (Wildman–Crippen LogP) is 1.07. The minimum absolute atomic E-state index is 0.0394. The number of rotatable bonds is 1. The lowest BCUT2D eigenvalue weighted by atomic mass is 10.1. The second-order valence-electron chi connectivity index (χ2n) is 1.89. The SMILES string of the molecule is CCC1OC=CC1=C=O. The molecule has 1 atom stereocenters. The molecular weight excluding hydrogens is 116 g/mol. The molecule has 0 aromatic rings. The highest BCUT2D eigenvalue weighted by atomic mass is 16.5. The fourth-order valence-electron chi connectivity index (χ4n) is 0.804. The van der Waals surface area contributed by atoms with Crippen LogP contribution in [0, 0.1) is 0 Å². The maximum atomic E-state index is 10.1. The topological polar surface area (TPSA) is 26.3 Å². The Kier molecular flexibility index (Phi) is 1.71. The fourth-order valence-corrected chi connectivity index (χ4v) is 0.804. The van der Waals surface area contributed by atoms with Gasteiger partial charge in [0, 0.05) is 0 Å². The Morgan fingerprint density at radius 3 is 3.11 bits per heavy atom. The van der Waals surface area contributed by atoms with Crippen molar-refractivity contribution in [2.75, 3.05) is 0 Å². The van der Waals surface area contributed by atoms with E-state index in [1.165, 1.54) is 6.26 Å². The fraction of sp³-hybridized carbons (Fsp3) is 0.429. The number of carbonyl (C=O) groups excluding carboxylic acids is 1. The molecule has 2 nitrogen and oxygen atoms in total. The molecule has 0 aromatic heterocycles. The van der Waals surface area contributed by atoms with Crippen molar-refractivity contribution in [2.45, 2.75) is 19.4 Å². The summed E-state index contributed by atoms with van der Waals surface area (Å²) in [4.78, 5) is 10.1. The van der Waals surface area contributed by atoms with Crippen LogP contribution in [0.2, 0.25) is 0 Å². The molecule has 0 bridgehead atoms. The zero-order valence-electron chi connectivity index (χ0n) is 5.26. The first kappa shape index (κ1) is 6.12. The van der Waals surface area contributed by atoms with Gasteiger partial charge in [0.05, 0.1) is 11.8 Å². The van der Waals surface area contributed by atoms with Gasteiger partial charge in [-0.25, -0.2) is 4.79 Å². The third kappa shape index (κ3) is 1.03. The van der Waals surface area contributed by atoms with Crippen LogP contribution in [0.3, 0.4) is 0 Å². The van der Waals surface area contributed by atoms with Crippen molar-refractivity contribution in [3.63, 3.8) is 0 Å². The summed E-state index contributed by atoms with van der Waals surface area (Å²) in [6, 6.07) is 0. The first-order valence-electron chi connectivity index (χ1n) is 2.95. The summed E-state index contributed by atoms with van der Waals surface area (Å²) in [5.41, 5.74) is 0.623. The lowest BCUT2D eigenvalue weighted by Gasteiger charge is -2.04. The molecule has 0 amide bonds. The van der Waals surface area contributed by atoms with Crippen LogP contribution in [-0.2, 0) is 9.53 Å². The summed E-state index contributed by atoms with van der Waals surface area (Å²) in [5.74, 6) is 1.82. The van der Waals surface area contributed by atoms with E-state index < -0.39 is 0 Å². The van der Waals surface area contributed by atoms with Crippen molar-refractivity contribution < 1.29 is 9.53 Å². The normalized spacial score (nSPS) is 23.7. The first-order valence-corrected chi connectivity index (χ1v) is 2.95. The molecule has 9 heavy (non-hydrogen) atoms. The second-order valence-corrected chi connectivity index (χ2v) is 1.89. The largest absolute Gasteiger partial charge is 0.493 e. The van der Waals surface area contributed by atoms with Gasteiger partial charge in [0.1, 0.15) is 12.0 Å². The van der Waals surface area contributed by atoms with Gasteiger partial charge in [0.15, 0.2) is 0 Å². The third-order valence-electron chi connectivity index (χ3n) is 1.33. The Balaban J connectivity index is 2.72. The van der Waals surface area contributed by atoms with E-state index in [4.69, 9.17) is 4.74 Å². The van der Waals surface area contributed by atoms with Crippen LogP contribution < -0.4 is 0 Å². The summed E-state index contributed by atoms with van der Waals surface area (Å²) in [7, 11) is 0. The van der Waals surface area contributed by atoms with Gasteiger partial charge >= 0.3 is 0 Å². The Morgan fingerprint density at radius 1 is 1.89 bits per heavy atom. The highest BCUT2D eigenvalue weighted by molar-refractivity contribution is 5.59. The average Bonchev–Trinajstić information content (AvgIpc) is 2.33. The first-order chi connectivity index (χ1) is 4.38. The van der Waals surface area contributed by atoms with E-state index >= 15 is 0 Å². The van der Waals surface area contributed by atoms with E-state index in [0.29, 0.717) is 5.57 Å². The van der Waals surface area contributed by atoms with Crippen LogP contribution in [0.5, 0.6) is 0 Å². The molecule has 0 aromatic carbocycles. The highest BCUT2D eigenvalue weighted by Gasteiger charge is 2.15. The van der Waals surface area contributed by atoms with Crippen molar-refractivity contribution in [3.05, 3.63) is 17.9 Å². The Labute approximate surface area is 53.8 Å². The zero-order chi connectivity index (χ0) is 6.69. The average molecular weight is 124 g/mol. The van der Waals surface area contributed by atoms with Crippen LogP contribution >= 0.6 is 0 Å². The lowest BCUT2D eigenvalue weighted by molar-refractivity contribution is 0.193. The van der Waals surface area contributed by atoms with Crippen LogP contribution in [-0.4, -0.2) is 12.0 Å². The molecule has 1 unspecified atom stereocenters. The van der Waals surface area contributed by atoms with Gasteiger partial charge in [0.25, 0.3) is 0 Å². The van der Waals surface area contributed by atoms with Crippen molar-refractivity contribution in [1.29, 1.82) is 0 Å². The summed E-state index contributed by atoms with van der Waals surface area (Å²) in [5, 5.41) is 0. The van der Waals surface area contributed by atoms with Gasteiger partial charge in [-0.3, -0.25) is 0 Å². The minimum atomic E-state index is -0.0394. The van der Waals surface area contributed by atoms with E-state index in [1.807, 2.05) is 12.9 Å². The smallest absolute Gasteiger partial charge is 0.133 e. The maximum Gasteiger partial charge on any atom is 0.133 e. The van der Waals surface area contributed by atoms with Crippen molar-refractivity contribution in [1.82, 2.24) is 0 Å². The third-order valence-corrected chi connectivity index (χ3v) is 1.33. The molecule has 1 heterocycles. The molecule has 0 saturated heterocycles. The number of hydrogen-bond donors (Lipinski definition) is 0. The molecule has 0 saturated carbocycles. The van der Waals surface area contributed by atoms with Gasteiger partial charge in [-0.2, -0.15) is 0 Å². The summed E-state index contributed by atoms with van der Waals surface area (Å²) >= 11 is 0. The molecule has 2 heteroatoms. The van der Waals surface area contributed by atoms with Crippen LogP contribution in [0.4, 0.5) is 0 Å². The van der Waals surface area contributed by atoms with Gasteiger partial charge in [0.2, 0.25) is 0 Å². The van der Waals surface area contributed by atoms with Gasteiger partial charge in [-0.05, 0) is 12.5 Å². The van der Waals surface area contributed by atoms with Crippen molar-refractivity contribution in [3.8, 4) is 0 Å². The zero-order valence-corrected chi connectivity index (χ0v) is 5.26. The molecule has 1 aliphatic heterocycles. The highest BCUT2D eigenvalue weighted by Crippen LogP contribution is 2.15. The van der Waals surface area contributed by atoms with Gasteiger partial charge in [-0.15, -0.1) is 0 Å². The van der Waals surface area contributed by atoms with Crippen LogP contribution in [0.1, 0.15) is 13.3 Å². The maximum absolute atomic E-state index is 10.1. The molecule has 0 spiro atoms. The van der Waals surface area contributed by atoms with E-state index in [1.54, 1.807) is 6.08 Å². The Morgan fingerprint density at radius 2 is 2.67 bits per heavy atom. The quantitative estimate of drug-likeness (QED) is 0.489. The minimum Gasteiger partial charge on any atom is -0.493 e. The predicted molar refractivity (Wildman–Crippen MR) is 33.5 cm³/mol. The van der Waals surface area contributed by atoms with Gasteiger partial charge < -0.3 is 4.74 Å². The monoisotopic (exact) mass is 124 g/mol. The van der Waals surface area contributed by atoms with Crippen molar-refractivity contribution in [2.24, 2.45) is 0 Å². The second kappa shape index (κ2) is 2.51. The summed E-state index contributed by atoms with van der Waals surface area (Å²) < 4.78 is 5.03.